The molecule has 122 valence electrons. The molecule has 1 aromatic rings. The highest BCUT2D eigenvalue weighted by atomic mass is 32.1. The molecule has 5 nitrogen and oxygen atoms in total. The third-order valence-electron chi connectivity index (χ3n) is 4.20. The van der Waals surface area contributed by atoms with Gasteiger partial charge in [-0.1, -0.05) is 6.07 Å². The van der Waals surface area contributed by atoms with Crippen molar-refractivity contribution >= 4 is 23.2 Å². The Morgan fingerprint density at radius 2 is 2.18 bits per heavy atom. The van der Waals surface area contributed by atoms with Crippen molar-refractivity contribution < 1.29 is 19.8 Å². The van der Waals surface area contributed by atoms with Crippen LogP contribution in [0.1, 0.15) is 49.3 Å². The van der Waals surface area contributed by atoms with Gasteiger partial charge in [-0.05, 0) is 37.1 Å². The highest BCUT2D eigenvalue weighted by Crippen LogP contribution is 2.30. The zero-order valence-corrected chi connectivity index (χ0v) is 13.4. The number of hydrogen-bond donors (Lipinski definition) is 2. The van der Waals surface area contributed by atoms with Gasteiger partial charge in [-0.25, -0.2) is 0 Å². The Kier molecular flexibility index (Phi) is 6.39. The van der Waals surface area contributed by atoms with Gasteiger partial charge in [0.25, 0.3) is 0 Å². The lowest BCUT2D eigenvalue weighted by atomic mass is 9.95. The van der Waals surface area contributed by atoms with Crippen molar-refractivity contribution in [3.8, 4) is 0 Å². The second-order valence-electron chi connectivity index (χ2n) is 5.76. The Hall–Kier alpha value is -1.40. The molecule has 2 N–H and O–H groups in total. The summed E-state index contributed by atoms with van der Waals surface area (Å²) in [5.41, 5.74) is 0. The number of amides is 1. The molecule has 0 spiro atoms. The van der Waals surface area contributed by atoms with Crippen molar-refractivity contribution in [2.45, 2.75) is 50.5 Å². The average Bonchev–Trinajstić information content (AvgIpc) is 3.01. The first-order valence-corrected chi connectivity index (χ1v) is 8.65. The molecule has 0 aromatic carbocycles. The molecule has 0 aliphatic carbocycles. The van der Waals surface area contributed by atoms with Crippen LogP contribution in [-0.4, -0.2) is 46.2 Å². The molecule has 1 saturated heterocycles. The third kappa shape index (κ3) is 4.55. The van der Waals surface area contributed by atoms with Crippen LogP contribution in [0.2, 0.25) is 0 Å². The van der Waals surface area contributed by atoms with Gasteiger partial charge in [-0.15, -0.1) is 11.3 Å². The topological polar surface area (TPSA) is 77.8 Å². The molecule has 22 heavy (non-hydrogen) atoms. The Morgan fingerprint density at radius 1 is 1.36 bits per heavy atom. The number of carbonyl (C=O) groups excluding carboxylic acids is 1. The number of aliphatic carboxylic acids is 1. The van der Waals surface area contributed by atoms with E-state index in [0.717, 1.165) is 24.1 Å². The summed E-state index contributed by atoms with van der Waals surface area (Å²) in [6.07, 6.45) is 3.80. The molecule has 1 aliphatic rings. The quantitative estimate of drug-likeness (QED) is 0.807. The molecular formula is C16H23NO4S. The van der Waals surface area contributed by atoms with Crippen LogP contribution in [0.15, 0.2) is 17.5 Å². The molecule has 1 amide bonds. The van der Waals surface area contributed by atoms with E-state index < -0.39 is 5.97 Å². The number of nitrogens with zero attached hydrogens (tertiary/aromatic N) is 1. The van der Waals surface area contributed by atoms with Crippen LogP contribution in [0.3, 0.4) is 0 Å². The lowest BCUT2D eigenvalue weighted by Crippen LogP contribution is -2.44. The van der Waals surface area contributed by atoms with E-state index in [4.69, 9.17) is 10.2 Å². The van der Waals surface area contributed by atoms with E-state index in [0.29, 0.717) is 13.0 Å². The smallest absolute Gasteiger partial charge is 0.304 e. The summed E-state index contributed by atoms with van der Waals surface area (Å²) < 4.78 is 0. The van der Waals surface area contributed by atoms with E-state index >= 15 is 0 Å². The van der Waals surface area contributed by atoms with E-state index in [9.17, 15) is 9.59 Å². The van der Waals surface area contributed by atoms with E-state index in [1.165, 1.54) is 11.3 Å². The summed E-state index contributed by atoms with van der Waals surface area (Å²) >= 11 is 1.50. The maximum absolute atomic E-state index is 12.6. The van der Waals surface area contributed by atoms with E-state index in [-0.39, 0.29) is 37.3 Å². The van der Waals surface area contributed by atoms with E-state index in [1.807, 2.05) is 22.4 Å². The Balaban J connectivity index is 2.04. The maximum atomic E-state index is 12.6. The van der Waals surface area contributed by atoms with Gasteiger partial charge in [0.1, 0.15) is 0 Å². The normalized spacial score (nSPS) is 19.9. The number of hydrogen-bond acceptors (Lipinski definition) is 4. The molecule has 0 saturated carbocycles. The van der Waals surface area contributed by atoms with Gasteiger partial charge in [0.15, 0.2) is 0 Å². The minimum Gasteiger partial charge on any atom is -0.481 e. The summed E-state index contributed by atoms with van der Waals surface area (Å²) in [5.74, 6) is -1.13. The molecule has 2 heterocycles. The molecule has 6 heteroatoms. The lowest BCUT2D eigenvalue weighted by molar-refractivity contribution is -0.138. The monoisotopic (exact) mass is 325 g/mol. The summed E-state index contributed by atoms with van der Waals surface area (Å²) in [7, 11) is 0. The first kappa shape index (κ1) is 17.0. The van der Waals surface area contributed by atoms with Crippen LogP contribution in [0.25, 0.3) is 0 Å². The minimum atomic E-state index is -0.878. The predicted octanol–water partition coefficient (Wildman–Crippen LogP) is 2.46. The van der Waals surface area contributed by atoms with Gasteiger partial charge in [0, 0.05) is 36.4 Å². The van der Waals surface area contributed by atoms with Crippen LogP contribution in [0.4, 0.5) is 0 Å². The van der Waals surface area contributed by atoms with Crippen molar-refractivity contribution in [3.05, 3.63) is 22.4 Å². The summed E-state index contributed by atoms with van der Waals surface area (Å²) in [4.78, 5) is 26.5. The van der Waals surface area contributed by atoms with Gasteiger partial charge in [0.2, 0.25) is 5.91 Å². The van der Waals surface area contributed by atoms with Crippen LogP contribution < -0.4 is 0 Å². The van der Waals surface area contributed by atoms with Crippen LogP contribution in [0.5, 0.6) is 0 Å². The molecule has 1 aliphatic heterocycles. The Bertz CT molecular complexity index is 486. The molecule has 2 atom stereocenters. The van der Waals surface area contributed by atoms with Crippen LogP contribution in [0, 0.1) is 0 Å². The van der Waals surface area contributed by atoms with Crippen molar-refractivity contribution in [2.24, 2.45) is 0 Å². The minimum absolute atomic E-state index is 0.0119. The molecular weight excluding hydrogens is 302 g/mol. The van der Waals surface area contributed by atoms with Gasteiger partial charge in [-0.2, -0.15) is 0 Å². The summed E-state index contributed by atoms with van der Waals surface area (Å²) in [6.45, 7) is 0.797. The largest absolute Gasteiger partial charge is 0.481 e. The summed E-state index contributed by atoms with van der Waals surface area (Å²) in [6, 6.07) is 3.88. The molecule has 1 fully saturated rings. The lowest BCUT2D eigenvalue weighted by Gasteiger charge is -2.36. The molecule has 1 aromatic heterocycles. The number of carboxylic acid groups (broad SMARTS) is 1. The average molecular weight is 325 g/mol. The van der Waals surface area contributed by atoms with Crippen molar-refractivity contribution in [3.63, 3.8) is 0 Å². The van der Waals surface area contributed by atoms with E-state index in [1.54, 1.807) is 0 Å². The maximum Gasteiger partial charge on any atom is 0.304 e. The van der Waals surface area contributed by atoms with Crippen LogP contribution in [-0.2, 0) is 9.59 Å². The molecule has 2 unspecified atom stereocenters. The number of likely N-dealkylation sites (tertiary alicyclic amines) is 1. The van der Waals surface area contributed by atoms with Crippen molar-refractivity contribution in [1.29, 1.82) is 0 Å². The van der Waals surface area contributed by atoms with Crippen molar-refractivity contribution in [1.82, 2.24) is 4.90 Å². The predicted molar refractivity (Wildman–Crippen MR) is 85.0 cm³/mol. The van der Waals surface area contributed by atoms with Crippen LogP contribution >= 0.6 is 11.3 Å². The molecule has 0 bridgehead atoms. The van der Waals surface area contributed by atoms with Gasteiger partial charge in [-0.3, -0.25) is 9.59 Å². The fraction of sp³-hybridized carbons (Fsp3) is 0.625. The summed E-state index contributed by atoms with van der Waals surface area (Å²) in [5, 5.41) is 20.2. The van der Waals surface area contributed by atoms with Gasteiger partial charge >= 0.3 is 5.97 Å². The van der Waals surface area contributed by atoms with Gasteiger partial charge < -0.3 is 15.1 Å². The number of thiophene rings is 1. The number of piperidine rings is 1. The second-order valence-corrected chi connectivity index (χ2v) is 6.74. The SMILES string of the molecule is O=C(O)CC(CC(=O)N1CCCCC1CCO)c1cccs1. The zero-order chi connectivity index (χ0) is 15.9. The fourth-order valence-electron chi connectivity index (χ4n) is 3.11. The standard InChI is InChI=1S/C16H23NO4S/c18-8-6-13-4-1-2-7-17(13)15(19)10-12(11-16(20)21)14-5-3-9-22-14/h3,5,9,12-13,18H,1-2,4,6-8,10-11H2,(H,20,21). The van der Waals surface area contributed by atoms with Crippen molar-refractivity contribution in [2.75, 3.05) is 13.2 Å². The Labute approximate surface area is 134 Å². The zero-order valence-electron chi connectivity index (χ0n) is 12.6. The van der Waals surface area contributed by atoms with Gasteiger partial charge in [0.05, 0.1) is 6.42 Å². The first-order valence-electron chi connectivity index (χ1n) is 7.77. The number of aliphatic hydroxyl groups is 1. The Morgan fingerprint density at radius 3 is 2.82 bits per heavy atom. The fourth-order valence-corrected chi connectivity index (χ4v) is 3.94. The number of rotatable bonds is 7. The van der Waals surface area contributed by atoms with E-state index in [2.05, 4.69) is 0 Å². The second kappa shape index (κ2) is 8.29. The number of aliphatic hydroxyl groups excluding tert-OH is 1. The highest BCUT2D eigenvalue weighted by Gasteiger charge is 2.29. The highest BCUT2D eigenvalue weighted by molar-refractivity contribution is 7.10. The molecule has 2 rings (SSSR count). The third-order valence-corrected chi connectivity index (χ3v) is 5.23. The number of carbonyl (C=O) groups is 2. The number of carboxylic acids is 1. The molecule has 0 radical (unpaired) electrons. The first-order chi connectivity index (χ1) is 10.6.